The van der Waals surface area contributed by atoms with Gasteiger partial charge in [-0.25, -0.2) is 8.42 Å². The molecule has 0 bridgehead atoms. The van der Waals surface area contributed by atoms with Crippen LogP contribution in [0.5, 0.6) is 11.5 Å². The molecule has 1 N–H and O–H groups in total. The SMILES string of the molecule is CCS(=O)(=O)c1cccc(NC(=O)c2ccc(Oc3ccccc3)cc2)c1. The number of rotatable bonds is 6. The standard InChI is InChI=1S/C21H19NO4S/c1-2-27(24,25)20-10-6-7-17(15-20)22-21(23)16-11-13-19(14-12-16)26-18-8-4-3-5-9-18/h3-15H,2H2,1H3,(H,22,23). The van der Waals surface area contributed by atoms with Crippen molar-refractivity contribution in [1.82, 2.24) is 0 Å². The molecular weight excluding hydrogens is 362 g/mol. The van der Waals surface area contributed by atoms with E-state index in [1.54, 1.807) is 43.3 Å². The van der Waals surface area contributed by atoms with Crippen LogP contribution in [0.3, 0.4) is 0 Å². The first-order valence-corrected chi connectivity index (χ1v) is 10.1. The van der Waals surface area contributed by atoms with E-state index in [-0.39, 0.29) is 16.6 Å². The van der Waals surface area contributed by atoms with Crippen molar-refractivity contribution in [2.75, 3.05) is 11.1 Å². The highest BCUT2D eigenvalue weighted by Crippen LogP contribution is 2.22. The summed E-state index contributed by atoms with van der Waals surface area (Å²) in [6, 6.07) is 22.3. The van der Waals surface area contributed by atoms with E-state index in [0.717, 1.165) is 0 Å². The minimum absolute atomic E-state index is 0.00722. The molecule has 1 amide bonds. The van der Waals surface area contributed by atoms with Crippen molar-refractivity contribution in [3.8, 4) is 11.5 Å². The van der Waals surface area contributed by atoms with Gasteiger partial charge in [-0.15, -0.1) is 0 Å². The molecule has 3 aromatic rings. The Labute approximate surface area is 158 Å². The summed E-state index contributed by atoms with van der Waals surface area (Å²) in [6.45, 7) is 1.58. The monoisotopic (exact) mass is 381 g/mol. The molecule has 138 valence electrons. The van der Waals surface area contributed by atoms with E-state index in [1.165, 1.54) is 12.1 Å². The fraction of sp³-hybridized carbons (Fsp3) is 0.0952. The van der Waals surface area contributed by atoms with Gasteiger partial charge in [0.1, 0.15) is 11.5 Å². The van der Waals surface area contributed by atoms with Crippen LogP contribution in [0.1, 0.15) is 17.3 Å². The second-order valence-electron chi connectivity index (χ2n) is 5.82. The first-order chi connectivity index (χ1) is 13.0. The molecular formula is C21H19NO4S. The zero-order valence-electron chi connectivity index (χ0n) is 14.8. The third-order valence-corrected chi connectivity index (χ3v) is 5.66. The summed E-state index contributed by atoms with van der Waals surface area (Å²) in [6.07, 6.45) is 0. The van der Waals surface area contributed by atoms with E-state index in [9.17, 15) is 13.2 Å². The van der Waals surface area contributed by atoms with Crippen LogP contribution < -0.4 is 10.1 Å². The lowest BCUT2D eigenvalue weighted by atomic mass is 10.2. The molecule has 0 spiro atoms. The average Bonchev–Trinajstić information content (AvgIpc) is 2.69. The van der Waals surface area contributed by atoms with Crippen molar-refractivity contribution >= 4 is 21.4 Å². The fourth-order valence-corrected chi connectivity index (χ4v) is 3.36. The van der Waals surface area contributed by atoms with Crippen LogP contribution in [0.4, 0.5) is 5.69 Å². The van der Waals surface area contributed by atoms with Crippen molar-refractivity contribution in [1.29, 1.82) is 0 Å². The van der Waals surface area contributed by atoms with Gasteiger partial charge in [-0.05, 0) is 54.6 Å². The Bertz CT molecular complexity index is 1030. The Morgan fingerprint density at radius 3 is 2.22 bits per heavy atom. The molecule has 0 heterocycles. The molecule has 0 fully saturated rings. The van der Waals surface area contributed by atoms with Gasteiger partial charge in [0, 0.05) is 11.3 Å². The number of amides is 1. The molecule has 3 aromatic carbocycles. The molecule has 0 aliphatic rings. The Morgan fingerprint density at radius 1 is 0.889 bits per heavy atom. The number of hydrogen-bond donors (Lipinski definition) is 1. The predicted molar refractivity (Wildman–Crippen MR) is 105 cm³/mol. The largest absolute Gasteiger partial charge is 0.457 e. The molecule has 0 saturated heterocycles. The van der Waals surface area contributed by atoms with Crippen LogP contribution in [0, 0.1) is 0 Å². The summed E-state index contributed by atoms with van der Waals surface area (Å²) < 4.78 is 29.6. The van der Waals surface area contributed by atoms with Gasteiger partial charge in [0.05, 0.1) is 10.6 Å². The minimum atomic E-state index is -3.32. The van der Waals surface area contributed by atoms with Crippen molar-refractivity contribution in [2.45, 2.75) is 11.8 Å². The maximum absolute atomic E-state index is 12.4. The van der Waals surface area contributed by atoms with Gasteiger partial charge in [-0.2, -0.15) is 0 Å². The lowest BCUT2D eigenvalue weighted by molar-refractivity contribution is 0.102. The van der Waals surface area contributed by atoms with Gasteiger partial charge in [-0.1, -0.05) is 31.2 Å². The third kappa shape index (κ3) is 4.74. The number of ether oxygens (including phenoxy) is 1. The van der Waals surface area contributed by atoms with Crippen LogP contribution in [-0.4, -0.2) is 20.1 Å². The Kier molecular flexibility index (Phi) is 5.57. The second kappa shape index (κ2) is 8.05. The summed E-state index contributed by atoms with van der Waals surface area (Å²) in [5, 5.41) is 2.72. The summed E-state index contributed by atoms with van der Waals surface area (Å²) in [7, 11) is -3.32. The van der Waals surface area contributed by atoms with E-state index >= 15 is 0 Å². The zero-order valence-corrected chi connectivity index (χ0v) is 15.6. The maximum Gasteiger partial charge on any atom is 0.255 e. The van der Waals surface area contributed by atoms with E-state index in [1.807, 2.05) is 30.3 Å². The summed E-state index contributed by atoms with van der Waals surface area (Å²) >= 11 is 0. The quantitative estimate of drug-likeness (QED) is 0.681. The molecule has 0 aromatic heterocycles. The van der Waals surface area contributed by atoms with E-state index < -0.39 is 9.84 Å². The van der Waals surface area contributed by atoms with Gasteiger partial charge < -0.3 is 10.1 Å². The molecule has 0 aliphatic heterocycles. The number of nitrogens with one attached hydrogen (secondary N) is 1. The summed E-state index contributed by atoms with van der Waals surface area (Å²) in [4.78, 5) is 12.6. The molecule has 3 rings (SSSR count). The van der Waals surface area contributed by atoms with Crippen LogP contribution >= 0.6 is 0 Å². The molecule has 0 radical (unpaired) electrons. The lowest BCUT2D eigenvalue weighted by Gasteiger charge is -2.09. The number of anilines is 1. The molecule has 6 heteroatoms. The van der Waals surface area contributed by atoms with Crippen molar-refractivity contribution in [3.05, 3.63) is 84.4 Å². The number of para-hydroxylation sites is 1. The Morgan fingerprint density at radius 2 is 1.56 bits per heavy atom. The van der Waals surface area contributed by atoms with Crippen molar-refractivity contribution in [3.63, 3.8) is 0 Å². The fourth-order valence-electron chi connectivity index (χ4n) is 2.44. The van der Waals surface area contributed by atoms with Gasteiger partial charge in [0.2, 0.25) is 0 Å². The average molecular weight is 381 g/mol. The molecule has 27 heavy (non-hydrogen) atoms. The van der Waals surface area contributed by atoms with Crippen LogP contribution in [0.15, 0.2) is 83.8 Å². The van der Waals surface area contributed by atoms with Crippen molar-refractivity contribution < 1.29 is 17.9 Å². The first-order valence-electron chi connectivity index (χ1n) is 8.45. The van der Waals surface area contributed by atoms with Crippen LogP contribution in [0.2, 0.25) is 0 Å². The number of sulfone groups is 1. The maximum atomic E-state index is 12.4. The minimum Gasteiger partial charge on any atom is -0.457 e. The summed E-state index contributed by atoms with van der Waals surface area (Å²) in [5.41, 5.74) is 0.873. The lowest BCUT2D eigenvalue weighted by Crippen LogP contribution is -2.12. The number of carbonyl (C=O) groups excluding carboxylic acids is 1. The topological polar surface area (TPSA) is 72.5 Å². The molecule has 0 aliphatic carbocycles. The molecule has 0 unspecified atom stereocenters. The molecule has 0 saturated carbocycles. The number of benzene rings is 3. The van der Waals surface area contributed by atoms with E-state index in [0.29, 0.717) is 22.7 Å². The highest BCUT2D eigenvalue weighted by molar-refractivity contribution is 7.91. The van der Waals surface area contributed by atoms with Gasteiger partial charge in [-0.3, -0.25) is 4.79 Å². The third-order valence-electron chi connectivity index (χ3n) is 3.93. The summed E-state index contributed by atoms with van der Waals surface area (Å²) in [5.74, 6) is 1.01. The van der Waals surface area contributed by atoms with Gasteiger partial charge in [0.25, 0.3) is 5.91 Å². The smallest absolute Gasteiger partial charge is 0.255 e. The van der Waals surface area contributed by atoms with Crippen molar-refractivity contribution in [2.24, 2.45) is 0 Å². The Balaban J connectivity index is 1.71. The Hall–Kier alpha value is -3.12. The van der Waals surface area contributed by atoms with Gasteiger partial charge in [0.15, 0.2) is 9.84 Å². The predicted octanol–water partition coefficient (Wildman–Crippen LogP) is 4.52. The molecule has 5 nitrogen and oxygen atoms in total. The highest BCUT2D eigenvalue weighted by atomic mass is 32.2. The van der Waals surface area contributed by atoms with Crippen LogP contribution in [0.25, 0.3) is 0 Å². The molecule has 0 atom stereocenters. The first kappa shape index (κ1) is 18.7. The highest BCUT2D eigenvalue weighted by Gasteiger charge is 2.13. The second-order valence-corrected chi connectivity index (χ2v) is 8.10. The normalized spacial score (nSPS) is 11.0. The zero-order chi connectivity index (χ0) is 19.3. The van der Waals surface area contributed by atoms with Crippen LogP contribution in [-0.2, 0) is 9.84 Å². The number of hydrogen-bond acceptors (Lipinski definition) is 4. The van der Waals surface area contributed by atoms with E-state index in [4.69, 9.17) is 4.74 Å². The van der Waals surface area contributed by atoms with Gasteiger partial charge >= 0.3 is 0 Å². The number of carbonyl (C=O) groups is 1. The van der Waals surface area contributed by atoms with E-state index in [2.05, 4.69) is 5.32 Å².